The summed E-state index contributed by atoms with van der Waals surface area (Å²) in [6, 6.07) is 0. The number of halogens is 2. The van der Waals surface area contributed by atoms with Crippen LogP contribution in [0, 0.1) is 22.7 Å². The Morgan fingerprint density at radius 2 is 1.94 bits per heavy atom. The van der Waals surface area contributed by atoms with Gasteiger partial charge in [-0.1, -0.05) is 13.0 Å². The van der Waals surface area contributed by atoms with Crippen molar-refractivity contribution in [3.05, 3.63) is 23.8 Å². The molecule has 3 N–H and O–H groups in total. The number of rotatable bonds is 5. The van der Waals surface area contributed by atoms with Gasteiger partial charge >= 0.3 is 5.97 Å². The molecule has 1 heterocycles. The van der Waals surface area contributed by atoms with Gasteiger partial charge in [0.1, 0.15) is 22.5 Å². The summed E-state index contributed by atoms with van der Waals surface area (Å²) in [7, 11) is 0. The highest BCUT2D eigenvalue weighted by molar-refractivity contribution is 8.01. The van der Waals surface area contributed by atoms with E-state index in [2.05, 4.69) is 0 Å². The SMILES string of the molecule is CC1(C)O[C@@H]2CC3C4C[C@H](F)C5=CC(=O)C=C[C@]5(C)[C@@]4(F)[C@@H](O)C[C@]3(C)[C@]2(SC(CCO)C(=O)O)O1. The number of aliphatic carboxylic acids is 1. The van der Waals surface area contributed by atoms with Gasteiger partial charge in [0.15, 0.2) is 17.2 Å². The molecule has 0 aromatic carbocycles. The Balaban J connectivity index is 1.61. The molecule has 200 valence electrons. The van der Waals surface area contributed by atoms with Crippen molar-refractivity contribution < 1.29 is 43.2 Å². The average Bonchev–Trinajstić information content (AvgIpc) is 3.16. The fourth-order valence-corrected chi connectivity index (χ4v) is 9.77. The van der Waals surface area contributed by atoms with Crippen LogP contribution in [0.2, 0.25) is 0 Å². The third-order valence-corrected chi connectivity index (χ3v) is 11.4. The maximum absolute atomic E-state index is 17.4. The largest absolute Gasteiger partial charge is 0.480 e. The predicted molar refractivity (Wildman–Crippen MR) is 128 cm³/mol. The number of hydrogen-bond donors (Lipinski definition) is 3. The van der Waals surface area contributed by atoms with E-state index in [0.29, 0.717) is 6.42 Å². The Morgan fingerprint density at radius 1 is 1.25 bits per heavy atom. The number of allylic oxidation sites excluding steroid dienone is 4. The van der Waals surface area contributed by atoms with Crippen LogP contribution in [0.4, 0.5) is 8.78 Å². The molecule has 3 saturated carbocycles. The van der Waals surface area contributed by atoms with Crippen LogP contribution >= 0.6 is 11.8 Å². The smallest absolute Gasteiger partial charge is 0.316 e. The minimum absolute atomic E-state index is 0.0182. The molecular weight excluding hydrogens is 494 g/mol. The van der Waals surface area contributed by atoms with Crippen LogP contribution in [0.25, 0.3) is 0 Å². The second-order valence-corrected chi connectivity index (χ2v) is 13.2. The molecular formula is C26H34F2O7S. The summed E-state index contributed by atoms with van der Waals surface area (Å²) in [5, 5.41) is 29.9. The normalized spacial score (nSPS) is 49.5. The Kier molecular flexibility index (Phi) is 5.90. The van der Waals surface area contributed by atoms with Gasteiger partial charge in [-0.3, -0.25) is 9.59 Å². The number of ether oxygens (including phenoxy) is 2. The van der Waals surface area contributed by atoms with Crippen molar-refractivity contribution in [3.63, 3.8) is 0 Å². The lowest BCUT2D eigenvalue weighted by molar-refractivity contribution is -0.235. The van der Waals surface area contributed by atoms with Gasteiger partial charge < -0.3 is 24.8 Å². The van der Waals surface area contributed by atoms with Gasteiger partial charge in [-0.15, -0.1) is 11.8 Å². The van der Waals surface area contributed by atoms with Crippen molar-refractivity contribution in [3.8, 4) is 0 Å². The topological polar surface area (TPSA) is 113 Å². The molecule has 0 bridgehead atoms. The summed E-state index contributed by atoms with van der Waals surface area (Å²) in [4.78, 5) is 22.8. The second-order valence-electron chi connectivity index (χ2n) is 11.8. The number of ketones is 1. The molecule has 3 unspecified atom stereocenters. The number of carboxylic acid groups (broad SMARTS) is 1. The van der Waals surface area contributed by atoms with Crippen LogP contribution in [0.1, 0.15) is 53.4 Å². The monoisotopic (exact) mass is 528 g/mol. The highest BCUT2D eigenvalue weighted by Gasteiger charge is 2.79. The summed E-state index contributed by atoms with van der Waals surface area (Å²) < 4.78 is 45.7. The fraction of sp³-hybridized carbons (Fsp3) is 0.769. The molecule has 4 aliphatic carbocycles. The fourth-order valence-electron chi connectivity index (χ4n) is 7.98. The Hall–Kier alpha value is -1.33. The van der Waals surface area contributed by atoms with Gasteiger partial charge in [-0.25, -0.2) is 8.78 Å². The van der Waals surface area contributed by atoms with E-state index in [1.807, 2.05) is 6.92 Å². The number of carbonyl (C=O) groups excluding carboxylic acids is 1. The summed E-state index contributed by atoms with van der Waals surface area (Å²) >= 11 is 1.05. The molecule has 1 saturated heterocycles. The molecule has 0 amide bonds. The van der Waals surface area contributed by atoms with Crippen molar-refractivity contribution >= 4 is 23.5 Å². The first-order valence-corrected chi connectivity index (χ1v) is 13.4. The van der Waals surface area contributed by atoms with E-state index in [0.717, 1.165) is 17.8 Å². The number of aliphatic hydroxyl groups excluding tert-OH is 2. The van der Waals surface area contributed by atoms with Crippen molar-refractivity contribution in [2.45, 2.75) is 93.4 Å². The van der Waals surface area contributed by atoms with E-state index in [9.17, 15) is 24.9 Å². The van der Waals surface area contributed by atoms with Crippen molar-refractivity contribution in [1.29, 1.82) is 0 Å². The molecule has 1 aliphatic heterocycles. The van der Waals surface area contributed by atoms with Gasteiger partial charge in [0.25, 0.3) is 0 Å². The number of hydrogen-bond acceptors (Lipinski definition) is 7. The minimum Gasteiger partial charge on any atom is -0.480 e. The van der Waals surface area contributed by atoms with E-state index in [4.69, 9.17) is 9.47 Å². The van der Waals surface area contributed by atoms with Crippen LogP contribution in [-0.4, -0.2) is 73.7 Å². The molecule has 0 radical (unpaired) electrons. The van der Waals surface area contributed by atoms with Gasteiger partial charge in [-0.2, -0.15) is 0 Å². The standard InChI is InChI=1S/C26H34F2O7S/c1-22(2)34-20-11-14-15-10-17(27)16-9-13(30)5-7-23(16,3)25(15,28)19(31)12-24(14,4)26(20,35-22)36-18(6-8-29)21(32)33/h5,7,9,14-15,17-20,29,31H,6,8,10-12H2,1-4H3,(H,32,33)/t14?,15?,17-,18?,19-,20+,23-,24-,25-,26-/m0/s1. The van der Waals surface area contributed by atoms with Gasteiger partial charge in [0, 0.05) is 23.4 Å². The molecule has 5 rings (SSSR count). The van der Waals surface area contributed by atoms with Crippen molar-refractivity contribution in [2.24, 2.45) is 22.7 Å². The zero-order valence-corrected chi connectivity index (χ0v) is 21.7. The van der Waals surface area contributed by atoms with Gasteiger partial charge in [-0.05, 0) is 70.1 Å². The maximum atomic E-state index is 17.4. The molecule has 36 heavy (non-hydrogen) atoms. The highest BCUT2D eigenvalue weighted by Crippen LogP contribution is 2.74. The molecule has 0 aromatic rings. The average molecular weight is 529 g/mol. The van der Waals surface area contributed by atoms with E-state index >= 15 is 8.78 Å². The van der Waals surface area contributed by atoms with Crippen LogP contribution in [-0.2, 0) is 19.1 Å². The number of alkyl halides is 2. The summed E-state index contributed by atoms with van der Waals surface area (Å²) in [5.41, 5.74) is -4.63. The lowest BCUT2D eigenvalue weighted by Crippen LogP contribution is -2.69. The first-order chi connectivity index (χ1) is 16.6. The molecule has 7 nitrogen and oxygen atoms in total. The van der Waals surface area contributed by atoms with E-state index < -0.39 is 74.4 Å². The second kappa shape index (κ2) is 8.09. The maximum Gasteiger partial charge on any atom is 0.316 e. The van der Waals surface area contributed by atoms with Crippen LogP contribution in [0.15, 0.2) is 23.8 Å². The summed E-state index contributed by atoms with van der Waals surface area (Å²) in [6.45, 7) is 6.52. The first kappa shape index (κ1) is 26.3. The highest BCUT2D eigenvalue weighted by atomic mass is 32.2. The predicted octanol–water partition coefficient (Wildman–Crippen LogP) is 3.33. The summed E-state index contributed by atoms with van der Waals surface area (Å²) in [5.74, 6) is -3.96. The van der Waals surface area contributed by atoms with Crippen LogP contribution in [0.5, 0.6) is 0 Å². The Morgan fingerprint density at radius 3 is 2.58 bits per heavy atom. The third kappa shape index (κ3) is 3.23. The number of carboxylic acids is 1. The third-order valence-electron chi connectivity index (χ3n) is 9.51. The number of thioether (sulfide) groups is 1. The lowest BCUT2D eigenvalue weighted by Gasteiger charge is -2.63. The quantitative estimate of drug-likeness (QED) is 0.498. The molecule has 0 aromatic heterocycles. The van der Waals surface area contributed by atoms with Gasteiger partial charge in [0.05, 0.1) is 6.10 Å². The first-order valence-electron chi connectivity index (χ1n) is 12.5. The zero-order chi connectivity index (χ0) is 26.5. The zero-order valence-electron chi connectivity index (χ0n) is 20.9. The Bertz CT molecular complexity index is 1050. The van der Waals surface area contributed by atoms with E-state index in [1.165, 1.54) is 12.2 Å². The summed E-state index contributed by atoms with van der Waals surface area (Å²) in [6.07, 6.45) is 0.131. The number of carbonyl (C=O) groups is 2. The van der Waals surface area contributed by atoms with Crippen molar-refractivity contribution in [2.75, 3.05) is 6.61 Å². The lowest BCUT2D eigenvalue weighted by atomic mass is 9.45. The molecule has 10 heteroatoms. The number of fused-ring (bicyclic) bond motifs is 7. The van der Waals surface area contributed by atoms with Gasteiger partial charge in [0.2, 0.25) is 0 Å². The van der Waals surface area contributed by atoms with E-state index in [1.54, 1.807) is 20.8 Å². The molecule has 10 atom stereocenters. The molecule has 0 spiro atoms. The minimum atomic E-state index is -2.24. The Labute approximate surface area is 213 Å². The van der Waals surface area contributed by atoms with Crippen LogP contribution in [0.3, 0.4) is 0 Å². The molecule has 5 aliphatic rings. The van der Waals surface area contributed by atoms with Crippen LogP contribution < -0.4 is 0 Å². The molecule has 4 fully saturated rings. The number of aliphatic hydroxyl groups is 2. The van der Waals surface area contributed by atoms with E-state index in [-0.39, 0.29) is 31.4 Å². The van der Waals surface area contributed by atoms with Crippen molar-refractivity contribution in [1.82, 2.24) is 0 Å².